The lowest BCUT2D eigenvalue weighted by Gasteiger charge is -2.25. The molecule has 0 aliphatic carbocycles. The van der Waals surface area contributed by atoms with E-state index in [4.69, 9.17) is 9.47 Å². The van der Waals surface area contributed by atoms with Gasteiger partial charge < -0.3 is 9.47 Å². The van der Waals surface area contributed by atoms with E-state index in [1.807, 2.05) is 29.9 Å². The molecule has 0 bridgehead atoms. The van der Waals surface area contributed by atoms with Crippen molar-refractivity contribution in [2.24, 2.45) is 5.92 Å². The van der Waals surface area contributed by atoms with Crippen LogP contribution in [-0.4, -0.2) is 28.5 Å². The molecule has 1 atom stereocenters. The third-order valence-corrected chi connectivity index (χ3v) is 5.08. The molecule has 140 valence electrons. The maximum absolute atomic E-state index is 5.95. The van der Waals surface area contributed by atoms with Crippen molar-refractivity contribution in [2.75, 3.05) is 13.7 Å². The van der Waals surface area contributed by atoms with Crippen LogP contribution >= 0.6 is 0 Å². The Hall–Kier alpha value is -2.82. The molecule has 27 heavy (non-hydrogen) atoms. The van der Waals surface area contributed by atoms with Crippen LogP contribution < -0.4 is 9.47 Å². The van der Waals surface area contributed by atoms with Crippen LogP contribution in [0.15, 0.2) is 42.6 Å². The van der Waals surface area contributed by atoms with Crippen LogP contribution in [-0.2, 0) is 19.4 Å². The lowest BCUT2D eigenvalue weighted by Crippen LogP contribution is -2.23. The molecule has 1 aliphatic heterocycles. The predicted molar refractivity (Wildman–Crippen MR) is 104 cm³/mol. The largest absolute Gasteiger partial charge is 0.497 e. The number of methoxy groups -OCH3 is 1. The Labute approximate surface area is 160 Å². The van der Waals surface area contributed by atoms with Crippen LogP contribution in [0.3, 0.4) is 0 Å². The number of aromatic nitrogens is 3. The summed E-state index contributed by atoms with van der Waals surface area (Å²) in [6, 6.07) is 12.4. The topological polar surface area (TPSA) is 49.2 Å². The zero-order chi connectivity index (χ0) is 18.8. The molecule has 2 aromatic heterocycles. The molecule has 4 rings (SSSR count). The molecule has 0 N–H and O–H groups in total. The number of hydrogen-bond acceptors (Lipinski definition) is 4. The van der Waals surface area contributed by atoms with Gasteiger partial charge in [-0.3, -0.25) is 9.67 Å². The van der Waals surface area contributed by atoms with Crippen molar-refractivity contribution >= 4 is 0 Å². The lowest BCUT2D eigenvalue weighted by molar-refractivity contribution is 0.219. The van der Waals surface area contributed by atoms with E-state index in [0.717, 1.165) is 48.9 Å². The van der Waals surface area contributed by atoms with E-state index < -0.39 is 0 Å². The lowest BCUT2D eigenvalue weighted by atomic mass is 9.92. The fourth-order valence-electron chi connectivity index (χ4n) is 3.65. The van der Waals surface area contributed by atoms with Crippen LogP contribution in [0.5, 0.6) is 11.5 Å². The number of rotatable bonds is 5. The van der Waals surface area contributed by atoms with Gasteiger partial charge in [0.1, 0.15) is 11.5 Å². The van der Waals surface area contributed by atoms with E-state index in [9.17, 15) is 0 Å². The number of aryl methyl sites for hydroxylation is 2. The highest BCUT2D eigenvalue weighted by atomic mass is 16.5. The SMILES string of the molecule is COc1ccc2c(c1)OC[C@@H](Cc1ccc(Cn3nc(C)cc3C)cn1)C2. The summed E-state index contributed by atoms with van der Waals surface area (Å²) in [4.78, 5) is 4.67. The molecule has 5 nitrogen and oxygen atoms in total. The Morgan fingerprint density at radius 1 is 1.19 bits per heavy atom. The molecule has 1 aromatic carbocycles. The first kappa shape index (κ1) is 17.6. The molecule has 0 saturated heterocycles. The van der Waals surface area contributed by atoms with Gasteiger partial charge in [-0.15, -0.1) is 0 Å². The van der Waals surface area contributed by atoms with Crippen molar-refractivity contribution in [3.8, 4) is 11.5 Å². The monoisotopic (exact) mass is 363 g/mol. The van der Waals surface area contributed by atoms with Gasteiger partial charge in [0.05, 0.1) is 26.0 Å². The first-order valence-electron chi connectivity index (χ1n) is 9.35. The standard InChI is InChI=1S/C22H25N3O2/c1-15-8-16(2)25(24-15)13-17-4-6-20(23-12-17)10-18-9-19-5-7-21(26-3)11-22(19)27-14-18/h4-8,11-12,18H,9-10,13-14H2,1-3H3/t18-/m1/s1. The summed E-state index contributed by atoms with van der Waals surface area (Å²) >= 11 is 0. The van der Waals surface area contributed by atoms with E-state index in [2.05, 4.69) is 41.3 Å². The second kappa shape index (κ2) is 7.43. The second-order valence-corrected chi connectivity index (χ2v) is 7.30. The number of benzene rings is 1. The summed E-state index contributed by atoms with van der Waals surface area (Å²) in [5.41, 5.74) is 5.74. The Balaban J connectivity index is 1.39. The molecule has 0 unspecified atom stereocenters. The molecule has 0 spiro atoms. The van der Waals surface area contributed by atoms with Gasteiger partial charge in [-0.1, -0.05) is 12.1 Å². The molecular formula is C22H25N3O2. The number of hydrogen-bond donors (Lipinski definition) is 0. The maximum atomic E-state index is 5.95. The second-order valence-electron chi connectivity index (χ2n) is 7.30. The van der Waals surface area contributed by atoms with Gasteiger partial charge in [-0.25, -0.2) is 0 Å². The molecule has 0 saturated carbocycles. The Kier molecular flexibility index (Phi) is 4.84. The minimum atomic E-state index is 0.445. The summed E-state index contributed by atoms with van der Waals surface area (Å²) in [7, 11) is 1.68. The highest BCUT2D eigenvalue weighted by Gasteiger charge is 2.21. The molecule has 3 aromatic rings. The van der Waals surface area contributed by atoms with E-state index in [1.165, 1.54) is 16.8 Å². The minimum absolute atomic E-state index is 0.445. The molecule has 5 heteroatoms. The molecule has 0 radical (unpaired) electrons. The van der Waals surface area contributed by atoms with Crippen molar-refractivity contribution in [3.05, 3.63) is 70.8 Å². The summed E-state index contributed by atoms with van der Waals surface area (Å²) < 4.78 is 13.2. The smallest absolute Gasteiger partial charge is 0.126 e. The average molecular weight is 363 g/mol. The third-order valence-electron chi connectivity index (χ3n) is 5.08. The Morgan fingerprint density at radius 2 is 2.07 bits per heavy atom. The van der Waals surface area contributed by atoms with Gasteiger partial charge in [-0.05, 0) is 56.0 Å². The molecule has 0 fully saturated rings. The van der Waals surface area contributed by atoms with Gasteiger partial charge in [0.2, 0.25) is 0 Å². The first-order valence-corrected chi connectivity index (χ1v) is 9.35. The van der Waals surface area contributed by atoms with Crippen LogP contribution in [0.1, 0.15) is 28.2 Å². The maximum Gasteiger partial charge on any atom is 0.126 e. The van der Waals surface area contributed by atoms with Crippen molar-refractivity contribution in [1.82, 2.24) is 14.8 Å². The first-order chi connectivity index (χ1) is 13.1. The number of pyridine rings is 1. The summed E-state index contributed by atoms with van der Waals surface area (Å²) in [6.07, 6.45) is 3.90. The number of ether oxygens (including phenoxy) is 2. The zero-order valence-electron chi connectivity index (χ0n) is 16.1. The molecular weight excluding hydrogens is 338 g/mol. The van der Waals surface area contributed by atoms with Crippen LogP contribution in [0.4, 0.5) is 0 Å². The quantitative estimate of drug-likeness (QED) is 0.693. The fourth-order valence-corrected chi connectivity index (χ4v) is 3.65. The van der Waals surface area contributed by atoms with E-state index in [1.54, 1.807) is 7.11 Å². The van der Waals surface area contributed by atoms with Gasteiger partial charge >= 0.3 is 0 Å². The highest BCUT2D eigenvalue weighted by molar-refractivity contribution is 5.42. The summed E-state index contributed by atoms with van der Waals surface area (Å²) in [6.45, 7) is 5.58. The summed E-state index contributed by atoms with van der Waals surface area (Å²) in [5.74, 6) is 2.23. The van der Waals surface area contributed by atoms with Gasteiger partial charge in [0, 0.05) is 29.6 Å². The van der Waals surface area contributed by atoms with E-state index in [-0.39, 0.29) is 0 Å². The molecule has 3 heterocycles. The zero-order valence-corrected chi connectivity index (χ0v) is 16.1. The third kappa shape index (κ3) is 3.97. The van der Waals surface area contributed by atoms with Gasteiger partial charge in [0.15, 0.2) is 0 Å². The van der Waals surface area contributed by atoms with E-state index >= 15 is 0 Å². The van der Waals surface area contributed by atoms with Gasteiger partial charge in [-0.2, -0.15) is 5.10 Å². The number of fused-ring (bicyclic) bond motifs is 1. The minimum Gasteiger partial charge on any atom is -0.497 e. The van der Waals surface area contributed by atoms with Crippen LogP contribution in [0.2, 0.25) is 0 Å². The van der Waals surface area contributed by atoms with Crippen molar-refractivity contribution in [3.63, 3.8) is 0 Å². The molecule has 0 amide bonds. The van der Waals surface area contributed by atoms with Crippen molar-refractivity contribution in [2.45, 2.75) is 33.2 Å². The normalized spacial score (nSPS) is 15.9. The Morgan fingerprint density at radius 3 is 2.78 bits per heavy atom. The van der Waals surface area contributed by atoms with Crippen molar-refractivity contribution < 1.29 is 9.47 Å². The van der Waals surface area contributed by atoms with Crippen molar-refractivity contribution in [1.29, 1.82) is 0 Å². The fraction of sp³-hybridized carbons (Fsp3) is 0.364. The molecule has 1 aliphatic rings. The van der Waals surface area contributed by atoms with Crippen LogP contribution in [0, 0.1) is 19.8 Å². The van der Waals surface area contributed by atoms with Gasteiger partial charge in [0.25, 0.3) is 0 Å². The average Bonchev–Trinajstić information content (AvgIpc) is 2.99. The van der Waals surface area contributed by atoms with Crippen LogP contribution in [0.25, 0.3) is 0 Å². The summed E-state index contributed by atoms with van der Waals surface area (Å²) in [5, 5.41) is 4.52. The predicted octanol–water partition coefficient (Wildman–Crippen LogP) is 3.75. The van der Waals surface area contributed by atoms with E-state index in [0.29, 0.717) is 5.92 Å². The highest BCUT2D eigenvalue weighted by Crippen LogP contribution is 2.31. The number of nitrogens with zero attached hydrogens (tertiary/aromatic N) is 3. The Bertz CT molecular complexity index is 931.